The lowest BCUT2D eigenvalue weighted by atomic mass is 10.5. The van der Waals surface area contributed by atoms with Gasteiger partial charge in [-0.15, -0.1) is 0 Å². The molecule has 0 saturated heterocycles. The number of hydrogen-bond donors (Lipinski definition) is 1. The average Bonchev–Trinajstić information content (AvgIpc) is 2.17. The van der Waals surface area contributed by atoms with Gasteiger partial charge in [0, 0.05) is 33.5 Å². The summed E-state index contributed by atoms with van der Waals surface area (Å²) >= 11 is 0. The lowest BCUT2D eigenvalue weighted by molar-refractivity contribution is 0.120. The minimum Gasteiger partial charge on any atom is -0.390 e. The maximum absolute atomic E-state index is 9.62. The number of rotatable bonds is 8. The SMILES string of the molecule is CCCOCCC[Si](O)(OC)OC. The molecule has 0 aromatic carbocycles. The first kappa shape index (κ1) is 13.1. The van der Waals surface area contributed by atoms with Gasteiger partial charge in [-0.25, -0.2) is 0 Å². The molecule has 0 unspecified atom stereocenters. The zero-order valence-electron chi connectivity index (χ0n) is 8.71. The van der Waals surface area contributed by atoms with Crippen LogP contribution in [0.4, 0.5) is 0 Å². The van der Waals surface area contributed by atoms with Crippen LogP contribution in [0.25, 0.3) is 0 Å². The average molecular weight is 208 g/mol. The molecule has 0 bridgehead atoms. The van der Waals surface area contributed by atoms with E-state index in [0.717, 1.165) is 19.4 Å². The van der Waals surface area contributed by atoms with E-state index in [1.54, 1.807) is 0 Å². The highest BCUT2D eigenvalue weighted by Crippen LogP contribution is 2.10. The summed E-state index contributed by atoms with van der Waals surface area (Å²) in [5.41, 5.74) is 0. The quantitative estimate of drug-likeness (QED) is 0.478. The molecule has 0 spiro atoms. The molecular weight excluding hydrogens is 188 g/mol. The topological polar surface area (TPSA) is 47.9 Å². The van der Waals surface area contributed by atoms with Crippen molar-refractivity contribution in [1.29, 1.82) is 0 Å². The van der Waals surface area contributed by atoms with E-state index >= 15 is 0 Å². The van der Waals surface area contributed by atoms with Crippen LogP contribution in [0, 0.1) is 0 Å². The van der Waals surface area contributed by atoms with E-state index in [9.17, 15) is 4.80 Å². The molecule has 0 aliphatic carbocycles. The smallest absolute Gasteiger partial charge is 0.390 e. The number of hydrogen-bond acceptors (Lipinski definition) is 4. The van der Waals surface area contributed by atoms with Crippen LogP contribution in [0.3, 0.4) is 0 Å². The zero-order valence-corrected chi connectivity index (χ0v) is 9.71. The Kier molecular flexibility index (Phi) is 7.49. The minimum atomic E-state index is -2.84. The van der Waals surface area contributed by atoms with Gasteiger partial charge in [0.15, 0.2) is 0 Å². The molecule has 0 aromatic rings. The number of ether oxygens (including phenoxy) is 1. The van der Waals surface area contributed by atoms with E-state index in [4.69, 9.17) is 13.6 Å². The molecule has 0 rings (SSSR count). The summed E-state index contributed by atoms with van der Waals surface area (Å²) in [5.74, 6) is 0. The molecule has 0 heterocycles. The second-order valence-corrected chi connectivity index (χ2v) is 5.58. The first-order chi connectivity index (χ1) is 6.18. The van der Waals surface area contributed by atoms with Crippen LogP contribution in [0.5, 0.6) is 0 Å². The van der Waals surface area contributed by atoms with Gasteiger partial charge in [0.2, 0.25) is 0 Å². The molecule has 0 radical (unpaired) electrons. The normalized spacial score (nSPS) is 12.0. The van der Waals surface area contributed by atoms with Crippen LogP contribution in [0.2, 0.25) is 6.04 Å². The second kappa shape index (κ2) is 7.46. The molecule has 4 nitrogen and oxygen atoms in total. The van der Waals surface area contributed by atoms with Gasteiger partial charge >= 0.3 is 8.80 Å². The summed E-state index contributed by atoms with van der Waals surface area (Å²) < 4.78 is 15.1. The molecule has 0 amide bonds. The van der Waals surface area contributed by atoms with Crippen LogP contribution < -0.4 is 0 Å². The lowest BCUT2D eigenvalue weighted by Gasteiger charge is -2.19. The van der Waals surface area contributed by atoms with E-state index in [0.29, 0.717) is 12.7 Å². The Morgan fingerprint density at radius 3 is 2.23 bits per heavy atom. The van der Waals surface area contributed by atoms with E-state index < -0.39 is 8.80 Å². The van der Waals surface area contributed by atoms with Crippen LogP contribution in [0.1, 0.15) is 19.8 Å². The van der Waals surface area contributed by atoms with Crippen molar-refractivity contribution in [2.75, 3.05) is 27.4 Å². The Labute approximate surface area is 81.2 Å². The van der Waals surface area contributed by atoms with Gasteiger partial charge in [-0.3, -0.25) is 0 Å². The molecule has 13 heavy (non-hydrogen) atoms. The Balaban J connectivity index is 3.39. The van der Waals surface area contributed by atoms with E-state index in [2.05, 4.69) is 6.92 Å². The van der Waals surface area contributed by atoms with Crippen LogP contribution in [-0.4, -0.2) is 41.0 Å². The Bertz CT molecular complexity index is 117. The molecule has 5 heteroatoms. The van der Waals surface area contributed by atoms with Crippen LogP contribution >= 0.6 is 0 Å². The summed E-state index contributed by atoms with van der Waals surface area (Å²) in [7, 11) is 0.112. The highest BCUT2D eigenvalue weighted by molar-refractivity contribution is 6.59. The van der Waals surface area contributed by atoms with Crippen molar-refractivity contribution in [2.24, 2.45) is 0 Å². The third-order valence-corrected chi connectivity index (χ3v) is 4.03. The van der Waals surface area contributed by atoms with Crippen molar-refractivity contribution in [3.63, 3.8) is 0 Å². The highest BCUT2D eigenvalue weighted by atomic mass is 28.4. The molecule has 0 aliphatic rings. The predicted molar refractivity (Wildman–Crippen MR) is 52.5 cm³/mol. The summed E-state index contributed by atoms with van der Waals surface area (Å²) in [6.45, 7) is 3.51. The summed E-state index contributed by atoms with van der Waals surface area (Å²) in [6, 6.07) is 0.559. The maximum Gasteiger partial charge on any atom is 0.497 e. The molecule has 0 aliphatic heterocycles. The minimum absolute atomic E-state index is 0.559. The van der Waals surface area contributed by atoms with Crippen LogP contribution in [0.15, 0.2) is 0 Å². The molecule has 0 saturated carbocycles. The first-order valence-electron chi connectivity index (χ1n) is 4.59. The van der Waals surface area contributed by atoms with E-state index in [1.807, 2.05) is 0 Å². The van der Waals surface area contributed by atoms with Crippen molar-refractivity contribution < 1.29 is 18.4 Å². The van der Waals surface area contributed by atoms with Gasteiger partial charge in [-0.1, -0.05) is 6.92 Å². The largest absolute Gasteiger partial charge is 0.497 e. The van der Waals surface area contributed by atoms with Crippen molar-refractivity contribution >= 4 is 8.80 Å². The van der Waals surface area contributed by atoms with Crippen molar-refractivity contribution in [3.05, 3.63) is 0 Å². The summed E-state index contributed by atoms with van der Waals surface area (Å²) in [4.78, 5) is 9.62. The van der Waals surface area contributed by atoms with Gasteiger partial charge in [-0.05, 0) is 12.8 Å². The monoisotopic (exact) mass is 208 g/mol. The Hall–Kier alpha value is 0.0569. The highest BCUT2D eigenvalue weighted by Gasteiger charge is 2.33. The van der Waals surface area contributed by atoms with Gasteiger partial charge < -0.3 is 18.4 Å². The third kappa shape index (κ3) is 6.17. The summed E-state index contributed by atoms with van der Waals surface area (Å²) in [6.07, 6.45) is 1.81. The van der Waals surface area contributed by atoms with Gasteiger partial charge in [-0.2, -0.15) is 0 Å². The van der Waals surface area contributed by atoms with Crippen molar-refractivity contribution in [1.82, 2.24) is 0 Å². The molecule has 0 fully saturated rings. The predicted octanol–water partition coefficient (Wildman–Crippen LogP) is 1.03. The lowest BCUT2D eigenvalue weighted by Crippen LogP contribution is -2.40. The van der Waals surface area contributed by atoms with Gasteiger partial charge in [0.25, 0.3) is 0 Å². The fourth-order valence-electron chi connectivity index (χ4n) is 0.931. The van der Waals surface area contributed by atoms with Crippen LogP contribution in [-0.2, 0) is 13.6 Å². The fraction of sp³-hybridized carbons (Fsp3) is 1.00. The van der Waals surface area contributed by atoms with Gasteiger partial charge in [0.05, 0.1) is 0 Å². The molecule has 0 aromatic heterocycles. The molecule has 0 atom stereocenters. The van der Waals surface area contributed by atoms with Gasteiger partial charge in [0.1, 0.15) is 0 Å². The summed E-state index contributed by atoms with van der Waals surface area (Å²) in [5, 5.41) is 0. The molecular formula is C8H20O4Si. The van der Waals surface area contributed by atoms with E-state index in [1.165, 1.54) is 14.2 Å². The van der Waals surface area contributed by atoms with Crippen molar-refractivity contribution in [2.45, 2.75) is 25.8 Å². The first-order valence-corrected chi connectivity index (χ1v) is 6.56. The Morgan fingerprint density at radius 1 is 1.15 bits per heavy atom. The second-order valence-electron chi connectivity index (χ2n) is 2.84. The molecule has 80 valence electrons. The fourth-order valence-corrected chi connectivity index (χ4v) is 2.10. The molecule has 1 N–H and O–H groups in total. The maximum atomic E-state index is 9.62. The van der Waals surface area contributed by atoms with E-state index in [-0.39, 0.29) is 0 Å². The Morgan fingerprint density at radius 2 is 1.77 bits per heavy atom. The van der Waals surface area contributed by atoms with Crippen molar-refractivity contribution in [3.8, 4) is 0 Å². The third-order valence-electron chi connectivity index (χ3n) is 1.77. The zero-order chi connectivity index (χ0) is 10.2. The standard InChI is InChI=1S/C8H20O4Si/c1-4-6-12-7-5-8-13(9,10-2)11-3/h9H,4-8H2,1-3H3.